The summed E-state index contributed by atoms with van der Waals surface area (Å²) in [5.41, 5.74) is 11.4. The normalized spacial score (nSPS) is 11.4. The molecule has 3 aromatic rings. The number of hydrazine groups is 1. The lowest BCUT2D eigenvalue weighted by Crippen LogP contribution is -2.45. The fraction of sp³-hybridized carbons (Fsp3) is 0.250. The van der Waals surface area contributed by atoms with Crippen LogP contribution in [0.2, 0.25) is 0 Å². The van der Waals surface area contributed by atoms with E-state index in [-0.39, 0.29) is 41.2 Å². The van der Waals surface area contributed by atoms with Crippen LogP contribution in [-0.2, 0) is 9.59 Å². The van der Waals surface area contributed by atoms with Crippen molar-refractivity contribution in [2.45, 2.75) is 39.1 Å². The lowest BCUT2D eigenvalue weighted by atomic mass is 10.0. The zero-order chi connectivity index (χ0) is 33.0. The van der Waals surface area contributed by atoms with E-state index in [4.69, 9.17) is 30.5 Å². The third-order valence-electron chi connectivity index (χ3n) is 5.29. The van der Waals surface area contributed by atoms with Crippen molar-refractivity contribution < 1.29 is 46.5 Å². The average molecular weight is 623 g/mol. The quantitative estimate of drug-likeness (QED) is 0.0842. The molecule has 0 radical (unpaired) electrons. The van der Waals surface area contributed by atoms with Crippen LogP contribution in [0.3, 0.4) is 0 Å². The zero-order valence-electron chi connectivity index (χ0n) is 23.7. The number of benzene rings is 2. The average Bonchev–Trinajstić information content (AvgIpc) is 2.96. The van der Waals surface area contributed by atoms with Crippen LogP contribution in [0.5, 0.6) is 11.5 Å². The second-order valence-corrected chi connectivity index (χ2v) is 8.97. The lowest BCUT2D eigenvalue weighted by molar-refractivity contribution is -0.192. The van der Waals surface area contributed by atoms with Gasteiger partial charge in [0, 0.05) is 40.8 Å². The Morgan fingerprint density at radius 3 is 2.09 bits per heavy atom. The first-order valence-corrected chi connectivity index (χ1v) is 12.8. The molecule has 16 heteroatoms. The van der Waals surface area contributed by atoms with Gasteiger partial charge in [0.2, 0.25) is 0 Å². The van der Waals surface area contributed by atoms with Gasteiger partial charge < -0.3 is 25.6 Å². The highest BCUT2D eigenvalue weighted by Gasteiger charge is 2.38. The van der Waals surface area contributed by atoms with Gasteiger partial charge in [-0.1, -0.05) is 0 Å². The van der Waals surface area contributed by atoms with E-state index < -0.39 is 35.8 Å². The Bertz CT molecular complexity index is 1450. The summed E-state index contributed by atoms with van der Waals surface area (Å²) in [7, 11) is 0. The van der Waals surface area contributed by atoms with E-state index in [0.29, 0.717) is 11.3 Å². The van der Waals surface area contributed by atoms with Gasteiger partial charge in [0.25, 0.3) is 11.8 Å². The molecule has 0 fully saturated rings. The lowest BCUT2D eigenvalue weighted by Gasteiger charge is -2.23. The van der Waals surface area contributed by atoms with Gasteiger partial charge in [-0.05, 0) is 63.2 Å². The third-order valence-corrected chi connectivity index (χ3v) is 5.29. The first kappa shape index (κ1) is 34.8. The number of nitrogen functional groups attached to an aromatic ring is 1. The Morgan fingerprint density at radius 2 is 1.59 bits per heavy atom. The molecule has 7 N–H and O–H groups in total. The Morgan fingerprint density at radius 1 is 1.00 bits per heavy atom. The first-order chi connectivity index (χ1) is 20.6. The van der Waals surface area contributed by atoms with Gasteiger partial charge in [-0.25, -0.2) is 9.18 Å². The molecule has 2 amide bonds. The van der Waals surface area contributed by atoms with E-state index in [1.165, 1.54) is 30.6 Å². The van der Waals surface area contributed by atoms with E-state index in [1.807, 2.05) is 0 Å². The molecule has 44 heavy (non-hydrogen) atoms. The molecule has 12 nitrogen and oxygen atoms in total. The number of aliphatic carboxylic acids is 1. The number of nitrogens with one attached hydrogen (secondary N) is 4. The number of anilines is 1. The summed E-state index contributed by atoms with van der Waals surface area (Å²) in [6, 6.07) is 10.6. The van der Waals surface area contributed by atoms with Gasteiger partial charge in [-0.2, -0.15) is 13.2 Å². The minimum absolute atomic E-state index is 0.0362. The second-order valence-electron chi connectivity index (χ2n) is 8.97. The molecule has 0 spiro atoms. The number of carboxylic acid groups (broad SMARTS) is 1. The van der Waals surface area contributed by atoms with Gasteiger partial charge in [-0.3, -0.25) is 30.8 Å². The molecule has 0 aliphatic heterocycles. The van der Waals surface area contributed by atoms with Crippen molar-refractivity contribution in [1.82, 2.24) is 15.8 Å². The smallest absolute Gasteiger partial charge is 0.490 e. The highest BCUT2D eigenvalue weighted by molar-refractivity contribution is 5.97. The molecular weight excluding hydrogens is 592 g/mol. The molecule has 1 aromatic heterocycles. The standard InChI is InChI=1S/C26H29FN6O4.C2HF3O2/c1-4-36-21-13-19(20(27)14-22(21)37-15(2)3)23(31-18-7-5-16(6-8-18)24(28)29)26(35)33-32-25(34)17-9-11-30-12-10-17;3-2(4,5)1(6)7/h5-15,23,31H,4H2,1-3H3,(H3,28,29)(H,32,34)(H,33,35);(H,6,7). The summed E-state index contributed by atoms with van der Waals surface area (Å²) >= 11 is 0. The van der Waals surface area contributed by atoms with Crippen molar-refractivity contribution in [3.05, 3.63) is 83.4 Å². The monoisotopic (exact) mass is 622 g/mol. The topological polar surface area (TPSA) is 189 Å². The van der Waals surface area contributed by atoms with Crippen LogP contribution in [0.1, 0.15) is 48.3 Å². The molecule has 1 atom stereocenters. The molecule has 3 rings (SSSR count). The summed E-state index contributed by atoms with van der Waals surface area (Å²) in [6.45, 7) is 5.67. The van der Waals surface area contributed by atoms with Gasteiger partial charge in [0.15, 0.2) is 11.5 Å². The number of rotatable bonds is 10. The number of pyridine rings is 1. The number of carbonyl (C=O) groups excluding carboxylic acids is 2. The number of nitrogens with zero attached hydrogens (tertiary/aromatic N) is 1. The SMILES string of the molecule is CCOc1cc(C(Nc2ccc(C(=N)N)cc2)C(=O)NNC(=O)c2ccncc2)c(F)cc1OC(C)C.O=C(O)C(F)(F)F. The maximum atomic E-state index is 15.4. The fourth-order valence-corrected chi connectivity index (χ4v) is 3.35. The van der Waals surface area contributed by atoms with Gasteiger partial charge in [0.1, 0.15) is 17.7 Å². The number of amides is 2. The number of aromatic nitrogens is 1. The Balaban J connectivity index is 0.000000860. The summed E-state index contributed by atoms with van der Waals surface area (Å²) in [5.74, 6) is -4.43. The van der Waals surface area contributed by atoms with E-state index >= 15 is 4.39 Å². The third kappa shape index (κ3) is 10.5. The number of halogens is 4. The van der Waals surface area contributed by atoms with E-state index in [1.54, 1.807) is 45.0 Å². The molecule has 236 valence electrons. The van der Waals surface area contributed by atoms with Crippen LogP contribution in [0.4, 0.5) is 23.2 Å². The fourth-order valence-electron chi connectivity index (χ4n) is 3.35. The van der Waals surface area contributed by atoms with Crippen LogP contribution in [0.15, 0.2) is 60.9 Å². The minimum Gasteiger partial charge on any atom is -0.490 e. The highest BCUT2D eigenvalue weighted by atomic mass is 19.4. The van der Waals surface area contributed by atoms with E-state index in [9.17, 15) is 22.8 Å². The molecular formula is C28H30F4N6O6. The molecule has 0 aliphatic carbocycles. The second kappa shape index (κ2) is 15.7. The van der Waals surface area contributed by atoms with Crippen molar-refractivity contribution in [3.63, 3.8) is 0 Å². The number of carbonyl (C=O) groups is 3. The molecule has 0 aliphatic rings. The highest BCUT2D eigenvalue weighted by Crippen LogP contribution is 2.35. The predicted molar refractivity (Wildman–Crippen MR) is 151 cm³/mol. The molecule has 1 heterocycles. The van der Waals surface area contributed by atoms with Crippen LogP contribution in [0.25, 0.3) is 0 Å². The van der Waals surface area contributed by atoms with Crippen molar-refractivity contribution in [3.8, 4) is 11.5 Å². The van der Waals surface area contributed by atoms with E-state index in [0.717, 1.165) is 6.07 Å². The van der Waals surface area contributed by atoms with E-state index in [2.05, 4.69) is 21.2 Å². The number of alkyl halides is 3. The zero-order valence-corrected chi connectivity index (χ0v) is 23.7. The Labute approximate surface area is 249 Å². The van der Waals surface area contributed by atoms with Crippen LogP contribution >= 0.6 is 0 Å². The molecule has 1 unspecified atom stereocenters. The summed E-state index contributed by atoms with van der Waals surface area (Å²) in [5, 5.41) is 17.6. The number of amidine groups is 1. The number of ether oxygens (including phenoxy) is 2. The van der Waals surface area contributed by atoms with Gasteiger partial charge >= 0.3 is 12.1 Å². The summed E-state index contributed by atoms with van der Waals surface area (Å²) in [6.07, 6.45) is -2.43. The minimum atomic E-state index is -5.08. The van der Waals surface area contributed by atoms with Crippen LogP contribution in [0, 0.1) is 11.2 Å². The molecule has 0 saturated carbocycles. The molecule has 0 saturated heterocycles. The number of hydrogen-bond donors (Lipinski definition) is 6. The maximum Gasteiger partial charge on any atom is 0.490 e. The number of hydrogen-bond acceptors (Lipinski definition) is 8. The first-order valence-electron chi connectivity index (χ1n) is 12.8. The summed E-state index contributed by atoms with van der Waals surface area (Å²) < 4.78 is 58.4. The summed E-state index contributed by atoms with van der Waals surface area (Å²) in [4.78, 5) is 38.4. The van der Waals surface area contributed by atoms with Gasteiger partial charge in [-0.15, -0.1) is 0 Å². The largest absolute Gasteiger partial charge is 0.490 e. The van der Waals surface area contributed by atoms with Crippen molar-refractivity contribution in [2.75, 3.05) is 11.9 Å². The van der Waals surface area contributed by atoms with Crippen LogP contribution < -0.4 is 31.4 Å². The number of carboxylic acids is 1. The van der Waals surface area contributed by atoms with Crippen molar-refractivity contribution in [2.24, 2.45) is 5.73 Å². The molecule has 0 bridgehead atoms. The van der Waals surface area contributed by atoms with Crippen LogP contribution in [-0.4, -0.2) is 52.6 Å². The number of nitrogens with two attached hydrogens (primary N) is 1. The Kier molecular flexibility index (Phi) is 12.4. The maximum absolute atomic E-state index is 15.4. The Hall–Kier alpha value is -5.41. The predicted octanol–water partition coefficient (Wildman–Crippen LogP) is 3.94. The molecule has 2 aromatic carbocycles. The van der Waals surface area contributed by atoms with Crippen molar-refractivity contribution >= 4 is 29.3 Å². The van der Waals surface area contributed by atoms with Crippen molar-refractivity contribution in [1.29, 1.82) is 5.41 Å². The van der Waals surface area contributed by atoms with Gasteiger partial charge in [0.05, 0.1) is 12.7 Å².